The average molecular weight is 242 g/mol. The lowest BCUT2D eigenvalue weighted by atomic mass is 9.83. The molecular weight excluding hydrogens is 222 g/mol. The van der Waals surface area contributed by atoms with Crippen LogP contribution < -0.4 is 0 Å². The highest BCUT2D eigenvalue weighted by Gasteiger charge is 2.41. The summed E-state index contributed by atoms with van der Waals surface area (Å²) in [6.45, 7) is 4.67. The van der Waals surface area contributed by atoms with Gasteiger partial charge in [0.2, 0.25) is 0 Å². The molecule has 17 heavy (non-hydrogen) atoms. The van der Waals surface area contributed by atoms with Gasteiger partial charge in [-0.25, -0.2) is 0 Å². The second kappa shape index (κ2) is 6.20. The summed E-state index contributed by atoms with van der Waals surface area (Å²) >= 11 is 0. The van der Waals surface area contributed by atoms with Crippen LogP contribution in [-0.4, -0.2) is 46.5 Å². The molecule has 0 saturated carbocycles. The molecular formula is C10H20B2O5. The summed E-state index contributed by atoms with van der Waals surface area (Å²) in [6, 6.07) is 0. The Kier molecular flexibility index (Phi) is 4.87. The van der Waals surface area contributed by atoms with Crippen molar-refractivity contribution in [2.45, 2.75) is 51.4 Å². The normalized spacial score (nSPS) is 34.4. The van der Waals surface area contributed by atoms with Crippen molar-refractivity contribution >= 4 is 14.2 Å². The quantitative estimate of drug-likeness (QED) is 0.693. The van der Waals surface area contributed by atoms with Crippen molar-refractivity contribution in [1.29, 1.82) is 0 Å². The summed E-state index contributed by atoms with van der Waals surface area (Å²) in [5.41, 5.74) is 0. The molecule has 2 fully saturated rings. The van der Waals surface area contributed by atoms with Gasteiger partial charge in [0.25, 0.3) is 0 Å². The molecule has 0 bridgehead atoms. The van der Waals surface area contributed by atoms with E-state index in [4.69, 9.17) is 23.4 Å². The van der Waals surface area contributed by atoms with Crippen LogP contribution >= 0.6 is 0 Å². The van der Waals surface area contributed by atoms with E-state index in [0.29, 0.717) is 13.0 Å². The first-order valence-electron chi connectivity index (χ1n) is 6.37. The molecule has 0 N–H and O–H groups in total. The molecule has 3 unspecified atom stereocenters. The van der Waals surface area contributed by atoms with Gasteiger partial charge in [-0.2, -0.15) is 0 Å². The van der Waals surface area contributed by atoms with E-state index in [9.17, 15) is 0 Å². The van der Waals surface area contributed by atoms with Gasteiger partial charge in [0.1, 0.15) is 6.29 Å². The smallest absolute Gasteiger partial charge is 0.408 e. The maximum atomic E-state index is 5.84. The van der Waals surface area contributed by atoms with Crippen LogP contribution in [0.5, 0.6) is 0 Å². The third-order valence-electron chi connectivity index (χ3n) is 3.17. The van der Waals surface area contributed by atoms with Gasteiger partial charge in [-0.15, -0.1) is 0 Å². The van der Waals surface area contributed by atoms with Gasteiger partial charge in [0.15, 0.2) is 0 Å². The minimum Gasteiger partial charge on any atom is -0.408 e. The lowest BCUT2D eigenvalue weighted by molar-refractivity contribution is -0.137. The van der Waals surface area contributed by atoms with Crippen LogP contribution in [0.15, 0.2) is 0 Å². The first-order chi connectivity index (χ1) is 8.26. The van der Waals surface area contributed by atoms with Crippen LogP contribution in [0.4, 0.5) is 0 Å². The summed E-state index contributed by atoms with van der Waals surface area (Å²) in [4.78, 5) is 0. The first kappa shape index (κ1) is 13.4. The van der Waals surface area contributed by atoms with E-state index >= 15 is 0 Å². The van der Waals surface area contributed by atoms with Gasteiger partial charge >= 0.3 is 14.2 Å². The topological polar surface area (TPSA) is 46.2 Å². The molecule has 7 heteroatoms. The molecule has 0 aromatic carbocycles. The third kappa shape index (κ3) is 3.23. The lowest BCUT2D eigenvalue weighted by Gasteiger charge is -2.35. The third-order valence-corrected chi connectivity index (χ3v) is 3.17. The first-order valence-corrected chi connectivity index (χ1v) is 6.37. The molecule has 2 saturated heterocycles. The van der Waals surface area contributed by atoms with E-state index < -0.39 is 0 Å². The highest BCUT2D eigenvalue weighted by atomic mass is 16.7. The molecule has 5 nitrogen and oxygen atoms in total. The minimum atomic E-state index is -0.206. The van der Waals surface area contributed by atoms with Gasteiger partial charge in [-0.1, -0.05) is 13.8 Å². The molecule has 2 heterocycles. The van der Waals surface area contributed by atoms with Gasteiger partial charge in [-0.05, 0) is 12.6 Å². The molecule has 0 radical (unpaired) electrons. The number of ether oxygens (including phenoxy) is 1. The maximum Gasteiger partial charge on any atom is 0.458 e. The van der Waals surface area contributed by atoms with Gasteiger partial charge < -0.3 is 23.4 Å². The SMILES string of the molecule is CCB1OCC(C2CC(OC)OB(CC)O2)O1. The zero-order valence-corrected chi connectivity index (χ0v) is 10.8. The molecule has 3 atom stereocenters. The van der Waals surface area contributed by atoms with Crippen LogP contribution in [-0.2, 0) is 23.4 Å². The minimum absolute atomic E-state index is 0.00412. The van der Waals surface area contributed by atoms with E-state index in [-0.39, 0.29) is 32.7 Å². The van der Waals surface area contributed by atoms with Crippen LogP contribution in [0.1, 0.15) is 20.3 Å². The second-order valence-electron chi connectivity index (χ2n) is 4.40. The summed E-state index contributed by atoms with van der Waals surface area (Å²) in [5, 5.41) is 0. The van der Waals surface area contributed by atoms with Gasteiger partial charge in [-0.3, -0.25) is 0 Å². The second-order valence-corrected chi connectivity index (χ2v) is 4.40. The fourth-order valence-corrected chi connectivity index (χ4v) is 2.17. The summed E-state index contributed by atoms with van der Waals surface area (Å²) in [5.74, 6) is 0. The Labute approximate surface area is 103 Å². The van der Waals surface area contributed by atoms with E-state index in [1.807, 2.05) is 13.8 Å². The van der Waals surface area contributed by atoms with Crippen molar-refractivity contribution in [3.05, 3.63) is 0 Å². The largest absolute Gasteiger partial charge is 0.458 e. The average Bonchev–Trinajstić information content (AvgIpc) is 2.86. The highest BCUT2D eigenvalue weighted by Crippen LogP contribution is 2.26. The number of methoxy groups -OCH3 is 1. The summed E-state index contributed by atoms with van der Waals surface area (Å²) in [7, 11) is 1.36. The van der Waals surface area contributed by atoms with Crippen molar-refractivity contribution < 1.29 is 23.4 Å². The molecule has 2 aliphatic rings. The van der Waals surface area contributed by atoms with Crippen LogP contribution in [0.3, 0.4) is 0 Å². The molecule has 2 rings (SSSR count). The van der Waals surface area contributed by atoms with E-state index in [1.165, 1.54) is 0 Å². The van der Waals surface area contributed by atoms with Gasteiger partial charge in [0, 0.05) is 13.5 Å². The van der Waals surface area contributed by atoms with E-state index in [0.717, 1.165) is 12.6 Å². The molecule has 0 aromatic heterocycles. The Morgan fingerprint density at radius 1 is 1.06 bits per heavy atom. The molecule has 2 aliphatic heterocycles. The Balaban J connectivity index is 1.91. The summed E-state index contributed by atoms with van der Waals surface area (Å²) in [6.07, 6.45) is 2.15. The van der Waals surface area contributed by atoms with Crippen molar-refractivity contribution in [2.24, 2.45) is 0 Å². The van der Waals surface area contributed by atoms with E-state index in [1.54, 1.807) is 7.11 Å². The monoisotopic (exact) mass is 242 g/mol. The maximum absolute atomic E-state index is 5.84. The van der Waals surface area contributed by atoms with Crippen molar-refractivity contribution in [3.63, 3.8) is 0 Å². The standard InChI is InChI=1S/C10H20B2O5/c1-4-11-14-7-9(16-11)8-6-10(13-3)17-12(5-2)15-8/h8-10H,4-7H2,1-3H3. The number of hydrogen-bond donors (Lipinski definition) is 0. The number of hydrogen-bond acceptors (Lipinski definition) is 5. The molecule has 0 amide bonds. The van der Waals surface area contributed by atoms with Crippen LogP contribution in [0.2, 0.25) is 12.6 Å². The Morgan fingerprint density at radius 3 is 2.35 bits per heavy atom. The Hall–Kier alpha value is -0.0701. The van der Waals surface area contributed by atoms with E-state index in [2.05, 4.69) is 0 Å². The van der Waals surface area contributed by atoms with Crippen molar-refractivity contribution in [3.8, 4) is 0 Å². The molecule has 96 valence electrons. The van der Waals surface area contributed by atoms with Gasteiger partial charge in [0.05, 0.1) is 18.8 Å². The Bertz CT molecular complexity index is 231. The zero-order valence-electron chi connectivity index (χ0n) is 10.8. The predicted octanol–water partition coefficient (Wildman–Crippen LogP) is 1.20. The van der Waals surface area contributed by atoms with Crippen LogP contribution in [0, 0.1) is 0 Å². The zero-order chi connectivity index (χ0) is 12.3. The fourth-order valence-electron chi connectivity index (χ4n) is 2.17. The molecule has 0 spiro atoms. The fraction of sp³-hybridized carbons (Fsp3) is 1.00. The lowest BCUT2D eigenvalue weighted by Crippen LogP contribution is -2.47. The van der Waals surface area contributed by atoms with Crippen LogP contribution in [0.25, 0.3) is 0 Å². The Morgan fingerprint density at radius 2 is 1.76 bits per heavy atom. The van der Waals surface area contributed by atoms with Crippen molar-refractivity contribution in [1.82, 2.24) is 0 Å². The number of rotatable bonds is 4. The highest BCUT2D eigenvalue weighted by molar-refractivity contribution is 6.45. The predicted molar refractivity (Wildman–Crippen MR) is 64.7 cm³/mol. The molecule has 0 aromatic rings. The summed E-state index contributed by atoms with van der Waals surface area (Å²) < 4.78 is 28.0. The molecule has 0 aliphatic carbocycles. The van der Waals surface area contributed by atoms with Crippen molar-refractivity contribution in [2.75, 3.05) is 13.7 Å².